The van der Waals surface area contributed by atoms with E-state index in [1.165, 1.54) is 12.1 Å². The molecule has 0 unspecified atom stereocenters. The zero-order valence-corrected chi connectivity index (χ0v) is 5.07. The van der Waals surface area contributed by atoms with Crippen LogP contribution in [0.5, 0.6) is 5.75 Å². The number of rotatable bonds is 0. The van der Waals surface area contributed by atoms with Gasteiger partial charge in [-0.05, 0) is 12.1 Å². The first-order valence-electron chi connectivity index (χ1n) is 2.88. The van der Waals surface area contributed by atoms with E-state index in [1.807, 2.05) is 0 Å². The molecule has 0 spiro atoms. The van der Waals surface area contributed by atoms with E-state index in [1.54, 1.807) is 12.3 Å². The predicted molar refractivity (Wildman–Crippen MR) is 34.1 cm³/mol. The van der Waals surface area contributed by atoms with Gasteiger partial charge in [0.2, 0.25) is 0 Å². The fourth-order valence-corrected chi connectivity index (χ4v) is 0.840. The first kappa shape index (κ1) is 5.29. The van der Waals surface area contributed by atoms with Crippen molar-refractivity contribution in [3.05, 3.63) is 24.4 Å². The molecule has 1 heterocycles. The summed E-state index contributed by atoms with van der Waals surface area (Å²) in [6.07, 6.45) is 1.58. The molecule has 0 bridgehead atoms. The highest BCUT2D eigenvalue weighted by atomic mass is 16.5. The van der Waals surface area contributed by atoms with E-state index in [-0.39, 0.29) is 5.75 Å². The van der Waals surface area contributed by atoms with E-state index in [9.17, 15) is 5.11 Å². The highest BCUT2D eigenvalue weighted by molar-refractivity contribution is 5.77. The lowest BCUT2D eigenvalue weighted by molar-refractivity contribution is 0.354. The van der Waals surface area contributed by atoms with Crippen LogP contribution >= 0.6 is 0 Å². The molecule has 10 heavy (non-hydrogen) atoms. The van der Waals surface area contributed by atoms with E-state index < -0.39 is 0 Å². The average molecular weight is 134 g/mol. The fourth-order valence-electron chi connectivity index (χ4n) is 0.840. The largest absolute Gasteiger partial charge is 0.356 e. The van der Waals surface area contributed by atoms with E-state index >= 15 is 0 Å². The van der Waals surface area contributed by atoms with Crippen LogP contribution < -0.4 is 0 Å². The first-order valence-corrected chi connectivity index (χ1v) is 2.88. The lowest BCUT2D eigenvalue weighted by atomic mass is 10.2. The van der Waals surface area contributed by atoms with Crippen LogP contribution in [0, 0.1) is 0 Å². The van der Waals surface area contributed by atoms with Crippen molar-refractivity contribution in [2.75, 3.05) is 0 Å². The Morgan fingerprint density at radius 1 is 1.40 bits per heavy atom. The second-order valence-corrected chi connectivity index (χ2v) is 2.03. The summed E-state index contributed by atoms with van der Waals surface area (Å²) in [5.41, 5.74) is 0.549. The normalized spacial score (nSPS) is 10.4. The molecule has 1 aromatic heterocycles. The standard InChI is InChI=1S/C7H4NO2/c9-6-2-1-5-4-8-10-7(5)3-6/h1-4H. The van der Waals surface area contributed by atoms with Crippen LogP contribution in [0.4, 0.5) is 0 Å². The van der Waals surface area contributed by atoms with Gasteiger partial charge in [-0.25, -0.2) is 0 Å². The molecule has 1 aromatic carbocycles. The summed E-state index contributed by atoms with van der Waals surface area (Å²) in [5.74, 6) is -0.0516. The number of nitrogens with zero attached hydrogens (tertiary/aromatic N) is 1. The van der Waals surface area contributed by atoms with Crippen LogP contribution in [0.15, 0.2) is 28.9 Å². The van der Waals surface area contributed by atoms with Crippen molar-refractivity contribution in [3.8, 4) is 5.75 Å². The van der Waals surface area contributed by atoms with Crippen LogP contribution in [0.3, 0.4) is 0 Å². The summed E-state index contributed by atoms with van der Waals surface area (Å²) in [6, 6.07) is 4.59. The SMILES string of the molecule is [O]c1ccc2cnoc2c1. The van der Waals surface area contributed by atoms with Crippen molar-refractivity contribution < 1.29 is 9.63 Å². The summed E-state index contributed by atoms with van der Waals surface area (Å²) in [4.78, 5) is 0. The maximum absolute atomic E-state index is 10.7. The van der Waals surface area contributed by atoms with E-state index in [0.717, 1.165) is 5.39 Å². The molecular weight excluding hydrogens is 130 g/mol. The van der Waals surface area contributed by atoms with Gasteiger partial charge < -0.3 is 4.52 Å². The number of hydrogen-bond acceptors (Lipinski definition) is 2. The van der Waals surface area contributed by atoms with Crippen molar-refractivity contribution in [2.45, 2.75) is 0 Å². The Bertz CT molecular complexity index is 353. The zero-order chi connectivity index (χ0) is 6.97. The summed E-state index contributed by atoms with van der Waals surface area (Å²) >= 11 is 0. The van der Waals surface area contributed by atoms with E-state index in [4.69, 9.17) is 4.52 Å². The van der Waals surface area contributed by atoms with Gasteiger partial charge >= 0.3 is 0 Å². The summed E-state index contributed by atoms with van der Waals surface area (Å²) in [6.45, 7) is 0. The minimum Gasteiger partial charge on any atom is -0.356 e. The molecule has 1 radical (unpaired) electrons. The summed E-state index contributed by atoms with van der Waals surface area (Å²) in [5, 5.41) is 15.1. The smallest absolute Gasteiger partial charge is 0.182 e. The monoisotopic (exact) mass is 134 g/mol. The summed E-state index contributed by atoms with van der Waals surface area (Å²) in [7, 11) is 0. The van der Waals surface area contributed by atoms with Gasteiger partial charge in [-0.2, -0.15) is 0 Å². The van der Waals surface area contributed by atoms with Crippen molar-refractivity contribution in [3.63, 3.8) is 0 Å². The van der Waals surface area contributed by atoms with Gasteiger partial charge in [0, 0.05) is 11.5 Å². The Morgan fingerprint density at radius 2 is 2.30 bits per heavy atom. The van der Waals surface area contributed by atoms with Crippen molar-refractivity contribution >= 4 is 11.0 Å². The molecule has 0 saturated heterocycles. The highest BCUT2D eigenvalue weighted by Crippen LogP contribution is 2.18. The Hall–Kier alpha value is -1.51. The molecule has 0 aliphatic heterocycles. The van der Waals surface area contributed by atoms with Crippen LogP contribution in [0.25, 0.3) is 11.0 Å². The molecular formula is C7H4NO2. The van der Waals surface area contributed by atoms with Crippen LogP contribution in [-0.2, 0) is 5.11 Å². The van der Waals surface area contributed by atoms with Gasteiger partial charge in [0.25, 0.3) is 0 Å². The Labute approximate surface area is 56.9 Å². The predicted octanol–water partition coefficient (Wildman–Crippen LogP) is 1.97. The average Bonchev–Trinajstić information content (AvgIpc) is 2.33. The Morgan fingerprint density at radius 3 is 3.20 bits per heavy atom. The van der Waals surface area contributed by atoms with Crippen molar-refractivity contribution in [1.29, 1.82) is 0 Å². The minimum absolute atomic E-state index is 0.0516. The third kappa shape index (κ3) is 0.639. The molecule has 3 nitrogen and oxygen atoms in total. The van der Waals surface area contributed by atoms with Crippen LogP contribution in [0.2, 0.25) is 0 Å². The van der Waals surface area contributed by atoms with Gasteiger partial charge in [0.1, 0.15) is 0 Å². The van der Waals surface area contributed by atoms with E-state index in [0.29, 0.717) is 5.58 Å². The van der Waals surface area contributed by atoms with Gasteiger partial charge in [-0.15, -0.1) is 0 Å². The molecule has 0 atom stereocenters. The first-order chi connectivity index (χ1) is 4.86. The van der Waals surface area contributed by atoms with Crippen LogP contribution in [-0.4, -0.2) is 5.16 Å². The molecule has 0 aliphatic carbocycles. The highest BCUT2D eigenvalue weighted by Gasteiger charge is 1.98. The molecule has 0 amide bonds. The maximum Gasteiger partial charge on any atom is 0.182 e. The lowest BCUT2D eigenvalue weighted by Gasteiger charge is -1.83. The number of benzene rings is 1. The third-order valence-corrected chi connectivity index (χ3v) is 1.33. The fraction of sp³-hybridized carbons (Fsp3) is 0. The molecule has 0 aliphatic rings. The number of aromatic nitrogens is 1. The Balaban J connectivity index is 2.86. The minimum atomic E-state index is -0.0516. The second kappa shape index (κ2) is 1.73. The summed E-state index contributed by atoms with van der Waals surface area (Å²) < 4.78 is 4.75. The topological polar surface area (TPSA) is 45.9 Å². The molecule has 49 valence electrons. The van der Waals surface area contributed by atoms with Crippen molar-refractivity contribution in [1.82, 2.24) is 5.16 Å². The molecule has 2 rings (SSSR count). The lowest BCUT2D eigenvalue weighted by Crippen LogP contribution is -1.61. The van der Waals surface area contributed by atoms with Gasteiger partial charge in [-0.3, -0.25) is 5.11 Å². The van der Waals surface area contributed by atoms with Gasteiger partial charge in [0.15, 0.2) is 11.3 Å². The molecule has 0 saturated carbocycles. The van der Waals surface area contributed by atoms with Gasteiger partial charge in [-0.1, -0.05) is 5.16 Å². The molecule has 3 heteroatoms. The second-order valence-electron chi connectivity index (χ2n) is 2.03. The molecule has 2 aromatic rings. The molecule has 0 N–H and O–H groups in total. The van der Waals surface area contributed by atoms with Crippen LogP contribution in [0.1, 0.15) is 0 Å². The molecule has 0 fully saturated rings. The maximum atomic E-state index is 10.7. The Kier molecular flexibility index (Phi) is 0.917. The zero-order valence-electron chi connectivity index (χ0n) is 5.07. The number of fused-ring (bicyclic) bond motifs is 1. The third-order valence-electron chi connectivity index (χ3n) is 1.33. The van der Waals surface area contributed by atoms with Gasteiger partial charge in [0.05, 0.1) is 6.20 Å². The quantitative estimate of drug-likeness (QED) is 0.552. The number of hydrogen-bond donors (Lipinski definition) is 0. The van der Waals surface area contributed by atoms with Crippen molar-refractivity contribution in [2.24, 2.45) is 0 Å². The van der Waals surface area contributed by atoms with E-state index in [2.05, 4.69) is 5.16 Å².